The fourth-order valence-corrected chi connectivity index (χ4v) is 2.77. The molecule has 0 aromatic rings. The van der Waals surface area contributed by atoms with Gasteiger partial charge in [-0.25, -0.2) is 0 Å². The second kappa shape index (κ2) is 10.2. The lowest BCUT2D eigenvalue weighted by atomic mass is 9.95. The molecule has 0 rings (SSSR count). The summed E-state index contributed by atoms with van der Waals surface area (Å²) in [6.45, 7) is 15.8. The predicted molar refractivity (Wildman–Crippen MR) is 89.5 cm³/mol. The first-order chi connectivity index (χ1) is 9.82. The third-order valence-corrected chi connectivity index (χ3v) is 4.29. The van der Waals surface area contributed by atoms with Crippen LogP contribution in [-0.2, 0) is 9.53 Å². The van der Waals surface area contributed by atoms with Crippen LogP contribution in [0.25, 0.3) is 0 Å². The van der Waals surface area contributed by atoms with Crippen molar-refractivity contribution in [2.24, 2.45) is 5.92 Å². The highest BCUT2D eigenvalue weighted by atomic mass is 16.5. The molecule has 0 saturated heterocycles. The van der Waals surface area contributed by atoms with E-state index in [0.717, 1.165) is 32.0 Å². The molecule has 0 radical (unpaired) electrons. The molecule has 0 aromatic carbocycles. The summed E-state index contributed by atoms with van der Waals surface area (Å²) in [5.41, 5.74) is -0.607. The average molecular weight is 300 g/mol. The van der Waals surface area contributed by atoms with Gasteiger partial charge in [-0.3, -0.25) is 10.1 Å². The second-order valence-corrected chi connectivity index (χ2v) is 6.45. The van der Waals surface area contributed by atoms with E-state index in [0.29, 0.717) is 0 Å². The Balaban J connectivity index is 4.66. The molecule has 0 spiro atoms. The van der Waals surface area contributed by atoms with E-state index in [9.17, 15) is 4.79 Å². The molecule has 0 fully saturated rings. The van der Waals surface area contributed by atoms with Crippen molar-refractivity contribution in [3.05, 3.63) is 0 Å². The molecule has 0 saturated carbocycles. The number of carbonyl (C=O) groups excluding carboxylic acids is 1. The molecule has 0 aliphatic carbocycles. The van der Waals surface area contributed by atoms with E-state index in [1.54, 1.807) is 0 Å². The molecule has 0 amide bonds. The van der Waals surface area contributed by atoms with Crippen molar-refractivity contribution >= 4 is 5.97 Å². The number of nitrogens with one attached hydrogen (secondary N) is 1. The van der Waals surface area contributed by atoms with Crippen molar-refractivity contribution in [1.82, 2.24) is 10.2 Å². The molecule has 4 heteroatoms. The molecule has 1 N–H and O–H groups in total. The number of methoxy groups -OCH3 is 1. The van der Waals surface area contributed by atoms with Crippen molar-refractivity contribution in [2.75, 3.05) is 26.7 Å². The maximum absolute atomic E-state index is 12.1. The minimum Gasteiger partial charge on any atom is -0.468 e. The number of hydrogen-bond acceptors (Lipinski definition) is 4. The molecule has 0 aliphatic heterocycles. The van der Waals surface area contributed by atoms with Gasteiger partial charge in [0.05, 0.1) is 7.11 Å². The van der Waals surface area contributed by atoms with Crippen LogP contribution >= 0.6 is 0 Å². The van der Waals surface area contributed by atoms with Gasteiger partial charge in [-0.05, 0) is 39.7 Å². The third-order valence-electron chi connectivity index (χ3n) is 4.29. The highest BCUT2D eigenvalue weighted by Crippen LogP contribution is 2.16. The van der Waals surface area contributed by atoms with Crippen LogP contribution in [0.5, 0.6) is 0 Å². The van der Waals surface area contributed by atoms with Crippen molar-refractivity contribution in [3.63, 3.8) is 0 Å². The van der Waals surface area contributed by atoms with Crippen LogP contribution in [0.3, 0.4) is 0 Å². The molecule has 1 unspecified atom stereocenters. The van der Waals surface area contributed by atoms with Crippen LogP contribution in [-0.4, -0.2) is 49.2 Å². The minimum atomic E-state index is -0.607. The van der Waals surface area contributed by atoms with E-state index in [4.69, 9.17) is 4.74 Å². The zero-order valence-corrected chi connectivity index (χ0v) is 15.2. The zero-order chi connectivity index (χ0) is 16.5. The van der Waals surface area contributed by atoms with Crippen LogP contribution in [0.15, 0.2) is 0 Å². The molecule has 0 heterocycles. The Morgan fingerprint density at radius 1 is 1.24 bits per heavy atom. The molecule has 0 aromatic heterocycles. The van der Waals surface area contributed by atoms with E-state index in [2.05, 4.69) is 44.8 Å². The van der Waals surface area contributed by atoms with Crippen LogP contribution in [0, 0.1) is 5.92 Å². The third kappa shape index (κ3) is 7.28. The lowest BCUT2D eigenvalue weighted by molar-refractivity contribution is -0.148. The smallest absolute Gasteiger partial charge is 0.325 e. The molecule has 0 aliphatic rings. The van der Waals surface area contributed by atoms with Crippen LogP contribution < -0.4 is 5.32 Å². The Labute approximate surface area is 131 Å². The first kappa shape index (κ1) is 20.4. The van der Waals surface area contributed by atoms with Gasteiger partial charge in [-0.15, -0.1) is 0 Å². The van der Waals surface area contributed by atoms with Gasteiger partial charge in [-0.2, -0.15) is 0 Å². The van der Waals surface area contributed by atoms with Crippen molar-refractivity contribution in [3.8, 4) is 0 Å². The highest BCUT2D eigenvalue weighted by Gasteiger charge is 2.34. The van der Waals surface area contributed by atoms with Crippen LogP contribution in [0.1, 0.15) is 60.8 Å². The number of carbonyl (C=O) groups is 1. The maximum Gasteiger partial charge on any atom is 0.325 e. The van der Waals surface area contributed by atoms with Crippen LogP contribution in [0.4, 0.5) is 0 Å². The summed E-state index contributed by atoms with van der Waals surface area (Å²) in [4.78, 5) is 14.5. The molecule has 21 heavy (non-hydrogen) atoms. The van der Waals surface area contributed by atoms with Gasteiger partial charge in [0.15, 0.2) is 0 Å². The summed E-state index contributed by atoms with van der Waals surface area (Å²) in [5, 5.41) is 3.37. The topological polar surface area (TPSA) is 41.6 Å². The van der Waals surface area contributed by atoms with Crippen molar-refractivity contribution in [1.29, 1.82) is 0 Å². The SMILES string of the molecule is CCC(CC)CN(CC)CCC(C)(NC(C)C)C(=O)OC. The second-order valence-electron chi connectivity index (χ2n) is 6.45. The van der Waals surface area contributed by atoms with E-state index >= 15 is 0 Å². The summed E-state index contributed by atoms with van der Waals surface area (Å²) in [6, 6.07) is 0.253. The first-order valence-electron chi connectivity index (χ1n) is 8.41. The summed E-state index contributed by atoms with van der Waals surface area (Å²) in [6.07, 6.45) is 3.20. The number of hydrogen-bond donors (Lipinski definition) is 1. The van der Waals surface area contributed by atoms with Gasteiger partial charge >= 0.3 is 5.97 Å². The largest absolute Gasteiger partial charge is 0.468 e. The van der Waals surface area contributed by atoms with Crippen molar-refractivity contribution < 1.29 is 9.53 Å². The Morgan fingerprint density at radius 2 is 1.81 bits per heavy atom. The van der Waals surface area contributed by atoms with Gasteiger partial charge in [0.2, 0.25) is 0 Å². The molecule has 126 valence electrons. The van der Waals surface area contributed by atoms with E-state index in [-0.39, 0.29) is 12.0 Å². The fraction of sp³-hybridized carbons (Fsp3) is 0.941. The normalized spacial score (nSPS) is 14.8. The quantitative estimate of drug-likeness (QED) is 0.595. The predicted octanol–water partition coefficient (Wildman–Crippen LogP) is 3.06. The standard InChI is InChI=1S/C17H36N2O2/c1-8-15(9-2)13-19(10-3)12-11-17(6,16(20)21-7)18-14(4)5/h14-15,18H,8-13H2,1-7H3. The Morgan fingerprint density at radius 3 is 2.19 bits per heavy atom. The minimum absolute atomic E-state index is 0.171. The van der Waals surface area contributed by atoms with E-state index in [1.807, 2.05) is 6.92 Å². The lowest BCUT2D eigenvalue weighted by Gasteiger charge is -2.33. The number of nitrogens with zero attached hydrogens (tertiary/aromatic N) is 1. The maximum atomic E-state index is 12.1. The van der Waals surface area contributed by atoms with Gasteiger partial charge in [0.25, 0.3) is 0 Å². The zero-order valence-electron chi connectivity index (χ0n) is 15.2. The summed E-state index contributed by atoms with van der Waals surface area (Å²) in [7, 11) is 1.46. The van der Waals surface area contributed by atoms with Crippen LogP contribution in [0.2, 0.25) is 0 Å². The van der Waals surface area contributed by atoms with Gasteiger partial charge < -0.3 is 9.64 Å². The summed E-state index contributed by atoms with van der Waals surface area (Å²) < 4.78 is 4.99. The molecular weight excluding hydrogens is 264 g/mol. The number of rotatable bonds is 11. The molecule has 4 nitrogen and oxygen atoms in total. The fourth-order valence-electron chi connectivity index (χ4n) is 2.77. The van der Waals surface area contributed by atoms with Gasteiger partial charge in [-0.1, -0.05) is 33.6 Å². The first-order valence-corrected chi connectivity index (χ1v) is 8.41. The van der Waals surface area contributed by atoms with E-state index in [1.165, 1.54) is 20.0 Å². The monoisotopic (exact) mass is 300 g/mol. The molecule has 0 bridgehead atoms. The van der Waals surface area contributed by atoms with Gasteiger partial charge in [0.1, 0.15) is 5.54 Å². The van der Waals surface area contributed by atoms with E-state index < -0.39 is 5.54 Å². The molecule has 1 atom stereocenters. The summed E-state index contributed by atoms with van der Waals surface area (Å²) in [5.74, 6) is 0.571. The Kier molecular flexibility index (Phi) is 9.88. The lowest BCUT2D eigenvalue weighted by Crippen LogP contribution is -2.54. The van der Waals surface area contributed by atoms with Crippen molar-refractivity contribution in [2.45, 2.75) is 72.4 Å². The van der Waals surface area contributed by atoms with Gasteiger partial charge in [0, 0.05) is 19.1 Å². The Hall–Kier alpha value is -0.610. The molecular formula is C17H36N2O2. The Bertz CT molecular complexity index is 291. The average Bonchev–Trinajstić information content (AvgIpc) is 2.46. The number of esters is 1. The highest BCUT2D eigenvalue weighted by molar-refractivity contribution is 5.80. The summed E-state index contributed by atoms with van der Waals surface area (Å²) >= 11 is 0. The number of ether oxygens (including phenoxy) is 1.